The summed E-state index contributed by atoms with van der Waals surface area (Å²) in [6.45, 7) is 6.57. The largest absolute Gasteiger partial charge is 0.465 e. The molecule has 7 atom stereocenters. The maximum absolute atomic E-state index is 14.5. The van der Waals surface area contributed by atoms with Crippen LogP contribution in [0, 0.1) is 17.8 Å². The second-order valence-electron chi connectivity index (χ2n) is 11.0. The van der Waals surface area contributed by atoms with Gasteiger partial charge in [-0.15, -0.1) is 0 Å². The van der Waals surface area contributed by atoms with Gasteiger partial charge in [-0.1, -0.05) is 81.8 Å². The van der Waals surface area contributed by atoms with Crippen molar-refractivity contribution in [3.63, 3.8) is 0 Å². The highest BCUT2D eigenvalue weighted by Crippen LogP contribution is 2.58. The van der Waals surface area contributed by atoms with Crippen molar-refractivity contribution >= 4 is 17.8 Å². The van der Waals surface area contributed by atoms with Gasteiger partial charge in [0.1, 0.15) is 23.2 Å². The number of esters is 1. The molecule has 2 fully saturated rings. The second-order valence-corrected chi connectivity index (χ2v) is 11.0. The lowest BCUT2D eigenvalue weighted by atomic mass is 9.73. The normalized spacial score (nSPS) is 34.1. The Kier molecular flexibility index (Phi) is 7.22. The van der Waals surface area contributed by atoms with Gasteiger partial charge in [-0.3, -0.25) is 14.4 Å². The van der Waals surface area contributed by atoms with E-state index in [1.807, 2.05) is 75.4 Å². The number of likely N-dealkylation sites (tertiary alicyclic amines) is 1. The quantitative estimate of drug-likeness (QED) is 0.437. The van der Waals surface area contributed by atoms with E-state index in [-0.39, 0.29) is 30.9 Å². The molecular formula is C30H38N2O6. The minimum atomic E-state index is -1.35. The Hall–Kier alpha value is -2.97. The number of benzene rings is 1. The molecule has 1 aromatic rings. The number of nitrogens with zero attached hydrogens (tertiary/aromatic N) is 2. The fourth-order valence-electron chi connectivity index (χ4n) is 6.83. The molecule has 4 aliphatic heterocycles. The van der Waals surface area contributed by atoms with Crippen LogP contribution in [-0.2, 0) is 30.4 Å². The monoisotopic (exact) mass is 522 g/mol. The van der Waals surface area contributed by atoms with Crippen LogP contribution < -0.4 is 0 Å². The first-order chi connectivity index (χ1) is 18.3. The zero-order chi connectivity index (χ0) is 27.1. The Morgan fingerprint density at radius 1 is 1.05 bits per heavy atom. The third-order valence-corrected chi connectivity index (χ3v) is 8.99. The summed E-state index contributed by atoms with van der Waals surface area (Å²) in [5.74, 6) is -2.93. The molecular weight excluding hydrogens is 484 g/mol. The van der Waals surface area contributed by atoms with Crippen LogP contribution in [0.5, 0.6) is 0 Å². The Bertz CT molecular complexity index is 1130. The van der Waals surface area contributed by atoms with Gasteiger partial charge >= 0.3 is 5.97 Å². The number of carbonyl (C=O) groups excluding carboxylic acids is 3. The molecule has 1 unspecified atom stereocenters. The van der Waals surface area contributed by atoms with Crippen LogP contribution in [0.1, 0.15) is 45.6 Å². The lowest BCUT2D eigenvalue weighted by Crippen LogP contribution is -2.59. The molecule has 0 saturated carbocycles. The highest BCUT2D eigenvalue weighted by atomic mass is 16.6. The highest BCUT2D eigenvalue weighted by Gasteiger charge is 2.76. The molecule has 0 aromatic heterocycles. The molecule has 2 saturated heterocycles. The first-order valence-electron chi connectivity index (χ1n) is 13.8. The number of aliphatic hydroxyl groups excluding tert-OH is 1. The molecule has 2 amide bonds. The summed E-state index contributed by atoms with van der Waals surface area (Å²) in [7, 11) is 0. The van der Waals surface area contributed by atoms with Gasteiger partial charge in [0.15, 0.2) is 0 Å². The first kappa shape index (κ1) is 26.6. The standard InChI is InChI=1S/C30H38N2O6/c1-4-20(3)22(19-33)32-25-27(35)31(18-21-12-7-6-8-13-21)16-11-15-30(25)23(26(32)34)24-28(36)37-17-10-9-14-29(24,5-2)38-30/h6-9,11-15,20,22-25,33H,4-5,10,16-19H2,1-3H3/t20-,22-,23-,24-,25?,29+,30-/m0/s1. The van der Waals surface area contributed by atoms with Crippen molar-refractivity contribution in [3.8, 4) is 0 Å². The second kappa shape index (κ2) is 10.3. The van der Waals surface area contributed by atoms with Gasteiger partial charge in [0.2, 0.25) is 11.8 Å². The van der Waals surface area contributed by atoms with Crippen LogP contribution in [0.15, 0.2) is 54.6 Å². The summed E-state index contributed by atoms with van der Waals surface area (Å²) in [6, 6.07) is 8.13. The van der Waals surface area contributed by atoms with Gasteiger partial charge in [0.05, 0.1) is 25.2 Å². The Morgan fingerprint density at radius 2 is 1.82 bits per heavy atom. The number of hydrogen-bond donors (Lipinski definition) is 1. The van der Waals surface area contributed by atoms with E-state index in [0.717, 1.165) is 5.56 Å². The van der Waals surface area contributed by atoms with Crippen LogP contribution in [-0.4, -0.2) is 75.7 Å². The molecule has 8 heteroatoms. The van der Waals surface area contributed by atoms with Crippen molar-refractivity contribution in [2.24, 2.45) is 17.8 Å². The van der Waals surface area contributed by atoms with Crippen LogP contribution in [0.3, 0.4) is 0 Å². The zero-order valence-electron chi connectivity index (χ0n) is 22.4. The van der Waals surface area contributed by atoms with Crippen molar-refractivity contribution in [1.29, 1.82) is 0 Å². The van der Waals surface area contributed by atoms with Crippen LogP contribution in [0.4, 0.5) is 0 Å². The molecule has 1 spiro atoms. The van der Waals surface area contributed by atoms with Gasteiger partial charge in [0, 0.05) is 13.1 Å². The van der Waals surface area contributed by atoms with E-state index in [1.165, 1.54) is 0 Å². The lowest BCUT2D eigenvalue weighted by molar-refractivity contribution is -0.164. The van der Waals surface area contributed by atoms with Crippen LogP contribution >= 0.6 is 0 Å². The molecule has 4 aliphatic rings. The molecule has 8 nitrogen and oxygen atoms in total. The van der Waals surface area contributed by atoms with Crippen LogP contribution in [0.25, 0.3) is 0 Å². The molecule has 1 N–H and O–H groups in total. The van der Waals surface area contributed by atoms with E-state index < -0.39 is 41.1 Å². The summed E-state index contributed by atoms with van der Waals surface area (Å²) in [5, 5.41) is 10.5. The number of cyclic esters (lactones) is 1. The fourth-order valence-corrected chi connectivity index (χ4v) is 6.83. The summed E-state index contributed by atoms with van der Waals surface area (Å²) in [5.41, 5.74) is -1.44. The minimum Gasteiger partial charge on any atom is -0.465 e. The first-order valence-corrected chi connectivity index (χ1v) is 13.8. The molecule has 5 rings (SSSR count). The van der Waals surface area contributed by atoms with Gasteiger partial charge in [-0.2, -0.15) is 0 Å². The molecule has 1 aromatic carbocycles. The van der Waals surface area contributed by atoms with Crippen LogP contribution in [0.2, 0.25) is 0 Å². The third-order valence-electron chi connectivity index (χ3n) is 8.99. The number of hydrogen-bond acceptors (Lipinski definition) is 6. The van der Waals surface area contributed by atoms with E-state index in [1.54, 1.807) is 9.80 Å². The lowest BCUT2D eigenvalue weighted by Gasteiger charge is -2.42. The van der Waals surface area contributed by atoms with E-state index in [9.17, 15) is 19.5 Å². The van der Waals surface area contributed by atoms with E-state index in [0.29, 0.717) is 32.4 Å². The summed E-state index contributed by atoms with van der Waals surface area (Å²) in [4.78, 5) is 45.7. The third kappa shape index (κ3) is 4.00. The average molecular weight is 523 g/mol. The van der Waals surface area contributed by atoms with E-state index >= 15 is 0 Å². The summed E-state index contributed by atoms with van der Waals surface area (Å²) >= 11 is 0. The number of rotatable bonds is 7. The zero-order valence-corrected chi connectivity index (χ0v) is 22.4. The maximum Gasteiger partial charge on any atom is 0.313 e. The van der Waals surface area contributed by atoms with Crippen molar-refractivity contribution in [2.45, 2.75) is 69.9 Å². The van der Waals surface area contributed by atoms with E-state index in [4.69, 9.17) is 9.47 Å². The van der Waals surface area contributed by atoms with Gasteiger partial charge in [0.25, 0.3) is 0 Å². The number of aliphatic hydroxyl groups is 1. The van der Waals surface area contributed by atoms with Gasteiger partial charge < -0.3 is 24.4 Å². The highest BCUT2D eigenvalue weighted by molar-refractivity contribution is 5.99. The summed E-state index contributed by atoms with van der Waals surface area (Å²) in [6.07, 6.45) is 9.31. The molecule has 38 heavy (non-hydrogen) atoms. The number of fused-ring (bicyclic) bond motifs is 2. The molecule has 4 heterocycles. The topological polar surface area (TPSA) is 96.4 Å². The Labute approximate surface area is 224 Å². The number of ether oxygens (including phenoxy) is 2. The van der Waals surface area contributed by atoms with Gasteiger partial charge in [-0.05, 0) is 24.3 Å². The van der Waals surface area contributed by atoms with E-state index in [2.05, 4.69) is 0 Å². The molecule has 0 aliphatic carbocycles. The fraction of sp³-hybridized carbons (Fsp3) is 0.567. The minimum absolute atomic E-state index is 0.0671. The maximum atomic E-state index is 14.5. The summed E-state index contributed by atoms with van der Waals surface area (Å²) < 4.78 is 12.5. The van der Waals surface area contributed by atoms with Crippen molar-refractivity contribution in [3.05, 3.63) is 60.2 Å². The van der Waals surface area contributed by atoms with Crippen molar-refractivity contribution in [1.82, 2.24) is 9.80 Å². The number of amides is 2. The molecule has 0 bridgehead atoms. The average Bonchev–Trinajstić information content (AvgIpc) is 3.27. The number of carbonyl (C=O) groups is 3. The van der Waals surface area contributed by atoms with Crippen molar-refractivity contribution in [2.75, 3.05) is 19.8 Å². The SMILES string of the molecule is CC[C@H](C)[C@H](CO)N1C(=O)[C@@H]2[C@H]3C(=O)OCCC=C[C@@]3(CC)O[C@@]23C=CCN(Cc2ccccc2)C(=O)C13. The molecule has 204 valence electrons. The predicted octanol–water partition coefficient (Wildman–Crippen LogP) is 2.86. The smallest absolute Gasteiger partial charge is 0.313 e. The predicted molar refractivity (Wildman–Crippen MR) is 140 cm³/mol. The van der Waals surface area contributed by atoms with Gasteiger partial charge in [-0.25, -0.2) is 0 Å². The molecule has 0 radical (unpaired) electrons. The van der Waals surface area contributed by atoms with Crippen molar-refractivity contribution < 1.29 is 29.0 Å². The Balaban J connectivity index is 1.66. The Morgan fingerprint density at radius 3 is 2.50 bits per heavy atom.